The van der Waals surface area contributed by atoms with Gasteiger partial charge in [0.25, 0.3) is 0 Å². The van der Waals surface area contributed by atoms with Crippen molar-refractivity contribution < 1.29 is 9.53 Å². The van der Waals surface area contributed by atoms with Gasteiger partial charge in [-0.1, -0.05) is 48.0 Å². The molecule has 3 nitrogen and oxygen atoms in total. The van der Waals surface area contributed by atoms with Gasteiger partial charge in [-0.25, -0.2) is 0 Å². The third-order valence-electron chi connectivity index (χ3n) is 5.45. The molecule has 2 aromatic rings. The minimum Gasteiger partial charge on any atom is -0.462 e. The van der Waals surface area contributed by atoms with Crippen molar-refractivity contribution in [3.05, 3.63) is 70.2 Å². The molecule has 4 heteroatoms. The summed E-state index contributed by atoms with van der Waals surface area (Å²) in [4.78, 5) is 14.4. The summed E-state index contributed by atoms with van der Waals surface area (Å²) in [6.07, 6.45) is 5.28. The van der Waals surface area contributed by atoms with Gasteiger partial charge in [-0.2, -0.15) is 0 Å². The smallest absolute Gasteiger partial charge is 0.306 e. The SMILES string of the molecule is CN(C)Cc1ccc([C@H]2CC[C@H](OC(=O)CCc3ccc(Cl)cc3)CC2)cc1. The third-order valence-corrected chi connectivity index (χ3v) is 5.71. The van der Waals surface area contributed by atoms with E-state index in [0.717, 1.165) is 42.8 Å². The summed E-state index contributed by atoms with van der Waals surface area (Å²) in [5.74, 6) is 0.490. The number of hydrogen-bond donors (Lipinski definition) is 0. The van der Waals surface area contributed by atoms with E-state index in [1.807, 2.05) is 24.3 Å². The van der Waals surface area contributed by atoms with Gasteiger partial charge < -0.3 is 9.64 Å². The number of aryl methyl sites for hydroxylation is 1. The molecule has 1 aliphatic carbocycles. The molecular formula is C24H30ClNO2. The second-order valence-electron chi connectivity index (χ2n) is 8.07. The standard InChI is InChI=1S/C24H30ClNO2/c1-26(2)17-19-3-8-20(9-4-19)21-10-14-23(15-11-21)28-24(27)16-7-18-5-12-22(25)13-6-18/h3-6,8-9,12-13,21,23H,7,10-11,14-17H2,1-2H3/t21-,23-. The largest absolute Gasteiger partial charge is 0.462 e. The van der Waals surface area contributed by atoms with Crippen LogP contribution in [0, 0.1) is 0 Å². The maximum absolute atomic E-state index is 12.2. The summed E-state index contributed by atoms with van der Waals surface area (Å²) in [6, 6.07) is 16.6. The van der Waals surface area contributed by atoms with Gasteiger partial charge in [-0.15, -0.1) is 0 Å². The first-order valence-electron chi connectivity index (χ1n) is 10.2. The lowest BCUT2D eigenvalue weighted by Crippen LogP contribution is -2.24. The van der Waals surface area contributed by atoms with Gasteiger partial charge in [-0.3, -0.25) is 4.79 Å². The Kier molecular flexibility index (Phi) is 7.52. The molecule has 0 radical (unpaired) electrons. The van der Waals surface area contributed by atoms with E-state index >= 15 is 0 Å². The summed E-state index contributed by atoms with van der Waals surface area (Å²) < 4.78 is 5.71. The van der Waals surface area contributed by atoms with Crippen molar-refractivity contribution in [1.29, 1.82) is 0 Å². The third kappa shape index (κ3) is 6.35. The van der Waals surface area contributed by atoms with E-state index in [9.17, 15) is 4.79 Å². The molecule has 2 aromatic carbocycles. The lowest BCUT2D eigenvalue weighted by Gasteiger charge is -2.28. The van der Waals surface area contributed by atoms with Crippen molar-refractivity contribution in [2.24, 2.45) is 0 Å². The molecule has 0 amide bonds. The van der Waals surface area contributed by atoms with Gasteiger partial charge in [0.15, 0.2) is 0 Å². The second kappa shape index (κ2) is 10.1. The average molecular weight is 400 g/mol. The highest BCUT2D eigenvalue weighted by Gasteiger charge is 2.24. The molecule has 1 aliphatic rings. The van der Waals surface area contributed by atoms with Crippen molar-refractivity contribution in [2.75, 3.05) is 14.1 Å². The minimum atomic E-state index is -0.0913. The Hall–Kier alpha value is -1.84. The van der Waals surface area contributed by atoms with Crippen LogP contribution in [0.2, 0.25) is 5.02 Å². The van der Waals surface area contributed by atoms with Gasteiger partial charge in [-0.05, 0) is 80.9 Å². The minimum absolute atomic E-state index is 0.0713. The maximum atomic E-state index is 12.2. The number of esters is 1. The Morgan fingerprint density at radius 2 is 1.57 bits per heavy atom. The molecule has 0 spiro atoms. The Morgan fingerprint density at radius 3 is 2.18 bits per heavy atom. The molecule has 0 aliphatic heterocycles. The summed E-state index contributed by atoms with van der Waals surface area (Å²) in [7, 11) is 4.18. The first-order valence-corrected chi connectivity index (χ1v) is 10.5. The molecule has 3 rings (SSSR count). The molecule has 1 saturated carbocycles. The number of carbonyl (C=O) groups excluding carboxylic acids is 1. The average Bonchev–Trinajstić information content (AvgIpc) is 2.68. The van der Waals surface area contributed by atoms with E-state index < -0.39 is 0 Å². The molecule has 0 heterocycles. The van der Waals surface area contributed by atoms with Crippen LogP contribution in [-0.4, -0.2) is 31.1 Å². The van der Waals surface area contributed by atoms with Crippen molar-refractivity contribution in [2.45, 2.75) is 57.1 Å². The number of benzene rings is 2. The molecule has 0 bridgehead atoms. The fourth-order valence-electron chi connectivity index (χ4n) is 3.92. The Morgan fingerprint density at radius 1 is 0.964 bits per heavy atom. The second-order valence-corrected chi connectivity index (χ2v) is 8.51. The van der Waals surface area contributed by atoms with Crippen LogP contribution in [0.5, 0.6) is 0 Å². The zero-order valence-corrected chi connectivity index (χ0v) is 17.6. The van der Waals surface area contributed by atoms with Gasteiger partial charge in [0.2, 0.25) is 0 Å². The molecule has 0 aromatic heterocycles. The highest BCUT2D eigenvalue weighted by atomic mass is 35.5. The highest BCUT2D eigenvalue weighted by molar-refractivity contribution is 6.30. The number of rotatable bonds is 7. The quantitative estimate of drug-likeness (QED) is 0.567. The van der Waals surface area contributed by atoms with Crippen LogP contribution in [0.1, 0.15) is 54.7 Å². The summed E-state index contributed by atoms with van der Waals surface area (Å²) >= 11 is 5.89. The van der Waals surface area contributed by atoms with Crippen LogP contribution in [0.4, 0.5) is 0 Å². The Labute approximate surface area is 173 Å². The summed E-state index contributed by atoms with van der Waals surface area (Å²) in [5.41, 5.74) is 3.87. The van der Waals surface area contributed by atoms with E-state index in [-0.39, 0.29) is 12.1 Å². The van der Waals surface area contributed by atoms with Crippen molar-refractivity contribution >= 4 is 17.6 Å². The predicted octanol–water partition coefficient (Wildman–Crippen LogP) is 5.60. The summed E-state index contributed by atoms with van der Waals surface area (Å²) in [5, 5.41) is 0.718. The summed E-state index contributed by atoms with van der Waals surface area (Å²) in [6.45, 7) is 0.971. The van der Waals surface area contributed by atoms with Gasteiger partial charge in [0.1, 0.15) is 6.10 Å². The van der Waals surface area contributed by atoms with Gasteiger partial charge in [0, 0.05) is 18.0 Å². The van der Waals surface area contributed by atoms with Crippen LogP contribution in [0.15, 0.2) is 48.5 Å². The monoisotopic (exact) mass is 399 g/mol. The molecule has 28 heavy (non-hydrogen) atoms. The van der Waals surface area contributed by atoms with Crippen LogP contribution in [-0.2, 0) is 22.5 Å². The van der Waals surface area contributed by atoms with Gasteiger partial charge in [0.05, 0.1) is 0 Å². The van der Waals surface area contributed by atoms with Crippen LogP contribution < -0.4 is 0 Å². The fraction of sp³-hybridized carbons (Fsp3) is 0.458. The zero-order chi connectivity index (χ0) is 19.9. The molecule has 150 valence electrons. The van der Waals surface area contributed by atoms with Crippen molar-refractivity contribution in [3.63, 3.8) is 0 Å². The topological polar surface area (TPSA) is 29.5 Å². The molecule has 0 unspecified atom stereocenters. The zero-order valence-electron chi connectivity index (χ0n) is 16.9. The van der Waals surface area contributed by atoms with Crippen molar-refractivity contribution in [3.8, 4) is 0 Å². The molecule has 0 atom stereocenters. The lowest BCUT2D eigenvalue weighted by atomic mass is 9.82. The van der Waals surface area contributed by atoms with E-state index in [4.69, 9.17) is 16.3 Å². The molecule has 1 fully saturated rings. The Balaban J connectivity index is 1.41. The van der Waals surface area contributed by atoms with E-state index in [0.29, 0.717) is 18.8 Å². The van der Waals surface area contributed by atoms with E-state index in [1.54, 1.807) is 0 Å². The van der Waals surface area contributed by atoms with Crippen LogP contribution in [0.3, 0.4) is 0 Å². The van der Waals surface area contributed by atoms with E-state index in [2.05, 4.69) is 43.3 Å². The number of halogens is 1. The maximum Gasteiger partial charge on any atom is 0.306 e. The molecular weight excluding hydrogens is 370 g/mol. The number of hydrogen-bond acceptors (Lipinski definition) is 3. The first-order chi connectivity index (χ1) is 13.5. The fourth-order valence-corrected chi connectivity index (χ4v) is 4.04. The Bertz CT molecular complexity index is 747. The van der Waals surface area contributed by atoms with Gasteiger partial charge >= 0.3 is 5.97 Å². The first kappa shape index (κ1) is 20.9. The number of nitrogens with zero attached hydrogens (tertiary/aromatic N) is 1. The predicted molar refractivity (Wildman–Crippen MR) is 115 cm³/mol. The molecule has 0 N–H and O–H groups in total. The lowest BCUT2D eigenvalue weighted by molar-refractivity contribution is -0.150. The number of carbonyl (C=O) groups is 1. The van der Waals surface area contributed by atoms with E-state index in [1.165, 1.54) is 11.1 Å². The van der Waals surface area contributed by atoms with Crippen LogP contribution >= 0.6 is 11.6 Å². The van der Waals surface area contributed by atoms with Crippen LogP contribution in [0.25, 0.3) is 0 Å². The molecule has 0 saturated heterocycles. The van der Waals surface area contributed by atoms with Crippen molar-refractivity contribution in [1.82, 2.24) is 4.90 Å². The highest BCUT2D eigenvalue weighted by Crippen LogP contribution is 2.34. The normalized spacial score (nSPS) is 19.6. The number of ether oxygens (including phenoxy) is 1.